The molecule has 0 aromatic carbocycles. The fourth-order valence-corrected chi connectivity index (χ4v) is 0.510. The van der Waals surface area contributed by atoms with E-state index in [2.05, 4.69) is 10.2 Å². The molecule has 0 fully saturated rings. The maximum absolute atomic E-state index is 11.0. The summed E-state index contributed by atoms with van der Waals surface area (Å²) < 4.78 is 0. The molecule has 66 valence electrons. The molecule has 3 N–H and O–H groups in total. The van der Waals surface area contributed by atoms with Gasteiger partial charge in [-0.2, -0.15) is 0 Å². The monoisotopic (exact) mass is 160 g/mol. The summed E-state index contributed by atoms with van der Waals surface area (Å²) >= 11 is 0. The normalized spacial score (nSPS) is 13.2. The first-order valence-electron chi connectivity index (χ1n) is 3.71. The molecule has 0 saturated heterocycles. The average molecular weight is 160 g/mol. The van der Waals surface area contributed by atoms with E-state index in [1.807, 2.05) is 13.8 Å². The summed E-state index contributed by atoms with van der Waals surface area (Å²) in [6.07, 6.45) is -0.561. The Morgan fingerprint density at radius 2 is 2.09 bits per heavy atom. The van der Waals surface area contributed by atoms with Crippen LogP contribution in [0.4, 0.5) is 0 Å². The third-order valence-electron chi connectivity index (χ3n) is 1.26. The van der Waals surface area contributed by atoms with Crippen LogP contribution in [0.5, 0.6) is 0 Å². The van der Waals surface area contributed by atoms with Crippen molar-refractivity contribution in [3.63, 3.8) is 0 Å². The Bertz CT molecular complexity index is 126. The first-order chi connectivity index (χ1) is 5.07. The van der Waals surface area contributed by atoms with E-state index in [1.54, 1.807) is 6.92 Å². The van der Waals surface area contributed by atoms with Crippen LogP contribution in [0.25, 0.3) is 0 Å². The summed E-state index contributed by atoms with van der Waals surface area (Å²) in [6, 6.07) is 0. The second-order valence-corrected chi connectivity index (χ2v) is 2.92. The molecule has 4 nitrogen and oxygen atoms in total. The largest absolute Gasteiger partial charge is 0.354 e. The second-order valence-electron chi connectivity index (χ2n) is 2.92. The van der Waals surface area contributed by atoms with Crippen LogP contribution >= 0.6 is 0 Å². The van der Waals surface area contributed by atoms with Crippen molar-refractivity contribution < 1.29 is 9.63 Å². The molecule has 1 atom stereocenters. The zero-order chi connectivity index (χ0) is 8.85. The van der Waals surface area contributed by atoms with Gasteiger partial charge in [0, 0.05) is 6.54 Å². The van der Waals surface area contributed by atoms with Crippen LogP contribution in [-0.2, 0) is 9.63 Å². The van der Waals surface area contributed by atoms with Gasteiger partial charge in [-0.3, -0.25) is 9.63 Å². The van der Waals surface area contributed by atoms with Crippen molar-refractivity contribution in [2.75, 3.05) is 6.54 Å². The third kappa shape index (κ3) is 4.75. The molecule has 0 aromatic rings. The second kappa shape index (κ2) is 5.09. The first kappa shape index (κ1) is 10.4. The van der Waals surface area contributed by atoms with Gasteiger partial charge in [-0.05, 0) is 12.8 Å². The molecule has 0 aromatic heterocycles. The Kier molecular flexibility index (Phi) is 4.81. The lowest BCUT2D eigenvalue weighted by Crippen LogP contribution is -2.37. The van der Waals surface area contributed by atoms with Crippen molar-refractivity contribution in [2.45, 2.75) is 26.9 Å². The van der Waals surface area contributed by atoms with Gasteiger partial charge in [-0.15, -0.1) is 0 Å². The van der Waals surface area contributed by atoms with Gasteiger partial charge in [-0.25, -0.2) is 5.90 Å². The lowest BCUT2D eigenvalue weighted by atomic mass is 10.2. The Morgan fingerprint density at radius 3 is 2.45 bits per heavy atom. The van der Waals surface area contributed by atoms with Gasteiger partial charge in [0.25, 0.3) is 5.91 Å². The standard InChI is InChI=1S/C7H16N2O2/c1-5(2)4-9-7(10)6(3)11-8/h5-6H,4,8H2,1-3H3,(H,9,10). The van der Waals surface area contributed by atoms with Gasteiger partial charge < -0.3 is 5.32 Å². The molecular formula is C7H16N2O2. The molecule has 0 bridgehead atoms. The molecule has 0 rings (SSSR count). The highest BCUT2D eigenvalue weighted by atomic mass is 16.6. The molecular weight excluding hydrogens is 144 g/mol. The van der Waals surface area contributed by atoms with Crippen LogP contribution in [0.3, 0.4) is 0 Å². The van der Waals surface area contributed by atoms with Gasteiger partial charge in [0.1, 0.15) is 0 Å². The number of carbonyl (C=O) groups is 1. The number of nitrogens with two attached hydrogens (primary N) is 1. The summed E-state index contributed by atoms with van der Waals surface area (Å²) in [5, 5.41) is 2.69. The molecule has 1 amide bonds. The van der Waals surface area contributed by atoms with Crippen molar-refractivity contribution in [3.8, 4) is 0 Å². The minimum absolute atomic E-state index is 0.166. The van der Waals surface area contributed by atoms with Gasteiger partial charge in [-0.1, -0.05) is 13.8 Å². The van der Waals surface area contributed by atoms with Crippen molar-refractivity contribution >= 4 is 5.91 Å². The highest BCUT2D eigenvalue weighted by Gasteiger charge is 2.11. The third-order valence-corrected chi connectivity index (χ3v) is 1.26. The smallest absolute Gasteiger partial charge is 0.250 e. The first-order valence-corrected chi connectivity index (χ1v) is 3.71. The molecule has 11 heavy (non-hydrogen) atoms. The quantitative estimate of drug-likeness (QED) is 0.570. The number of hydrogen-bond donors (Lipinski definition) is 2. The summed E-state index contributed by atoms with van der Waals surface area (Å²) in [5.41, 5.74) is 0. The van der Waals surface area contributed by atoms with Gasteiger partial charge in [0.2, 0.25) is 0 Å². The Balaban J connectivity index is 3.52. The summed E-state index contributed by atoms with van der Waals surface area (Å²) in [6.45, 7) is 6.31. The number of nitrogens with one attached hydrogen (secondary N) is 1. The van der Waals surface area contributed by atoms with E-state index in [4.69, 9.17) is 5.90 Å². The minimum Gasteiger partial charge on any atom is -0.354 e. The molecule has 0 aliphatic heterocycles. The van der Waals surface area contributed by atoms with Crippen LogP contribution in [0.1, 0.15) is 20.8 Å². The molecule has 0 spiro atoms. The number of hydrogen-bond acceptors (Lipinski definition) is 3. The molecule has 4 heteroatoms. The SMILES string of the molecule is CC(C)CNC(=O)C(C)ON. The highest BCUT2D eigenvalue weighted by molar-refractivity contribution is 5.80. The van der Waals surface area contributed by atoms with Gasteiger partial charge >= 0.3 is 0 Å². The van der Waals surface area contributed by atoms with Gasteiger partial charge in [0.05, 0.1) is 0 Å². The number of amides is 1. The van der Waals surface area contributed by atoms with Crippen LogP contribution in [-0.4, -0.2) is 18.6 Å². The lowest BCUT2D eigenvalue weighted by molar-refractivity contribution is -0.132. The Labute approximate surface area is 67.0 Å². The van der Waals surface area contributed by atoms with Crippen LogP contribution in [0.15, 0.2) is 0 Å². The van der Waals surface area contributed by atoms with E-state index in [9.17, 15) is 4.79 Å². The fraction of sp³-hybridized carbons (Fsp3) is 0.857. The summed E-state index contributed by atoms with van der Waals surface area (Å²) in [5.74, 6) is 5.10. The van der Waals surface area contributed by atoms with Crippen molar-refractivity contribution in [1.82, 2.24) is 5.32 Å². The number of carbonyl (C=O) groups excluding carboxylic acids is 1. The van der Waals surface area contributed by atoms with Gasteiger partial charge in [0.15, 0.2) is 6.10 Å². The Morgan fingerprint density at radius 1 is 1.55 bits per heavy atom. The molecule has 0 radical (unpaired) electrons. The predicted octanol–water partition coefficient (Wildman–Crippen LogP) is 0.0374. The molecule has 0 aliphatic carbocycles. The lowest BCUT2D eigenvalue weighted by Gasteiger charge is -2.10. The van der Waals surface area contributed by atoms with E-state index in [0.717, 1.165) is 0 Å². The van der Waals surface area contributed by atoms with Crippen LogP contribution in [0, 0.1) is 5.92 Å². The molecule has 0 heterocycles. The fourth-order valence-electron chi connectivity index (χ4n) is 0.510. The summed E-state index contributed by atoms with van der Waals surface area (Å²) in [4.78, 5) is 15.3. The van der Waals surface area contributed by atoms with E-state index in [0.29, 0.717) is 12.5 Å². The van der Waals surface area contributed by atoms with E-state index in [1.165, 1.54) is 0 Å². The maximum atomic E-state index is 11.0. The van der Waals surface area contributed by atoms with E-state index in [-0.39, 0.29) is 5.91 Å². The van der Waals surface area contributed by atoms with E-state index >= 15 is 0 Å². The minimum atomic E-state index is -0.561. The average Bonchev–Trinajstić information content (AvgIpc) is 1.98. The maximum Gasteiger partial charge on any atom is 0.250 e. The van der Waals surface area contributed by atoms with E-state index < -0.39 is 6.10 Å². The van der Waals surface area contributed by atoms with Crippen molar-refractivity contribution in [2.24, 2.45) is 11.8 Å². The zero-order valence-electron chi connectivity index (χ0n) is 7.26. The predicted molar refractivity (Wildman–Crippen MR) is 42.6 cm³/mol. The highest BCUT2D eigenvalue weighted by Crippen LogP contribution is 1.89. The summed E-state index contributed by atoms with van der Waals surface area (Å²) in [7, 11) is 0. The Hall–Kier alpha value is -0.610. The van der Waals surface area contributed by atoms with Crippen molar-refractivity contribution in [1.29, 1.82) is 0 Å². The van der Waals surface area contributed by atoms with Crippen molar-refractivity contribution in [3.05, 3.63) is 0 Å². The molecule has 0 saturated carbocycles. The molecule has 1 unspecified atom stereocenters. The topological polar surface area (TPSA) is 64.3 Å². The molecule has 0 aliphatic rings. The van der Waals surface area contributed by atoms with Crippen LogP contribution < -0.4 is 11.2 Å². The van der Waals surface area contributed by atoms with Crippen LogP contribution in [0.2, 0.25) is 0 Å². The number of rotatable bonds is 4. The zero-order valence-corrected chi connectivity index (χ0v) is 7.26.